The smallest absolute Gasteiger partial charge is 0.336 e. The second-order valence-corrected chi connectivity index (χ2v) is 9.27. The van der Waals surface area contributed by atoms with Crippen molar-refractivity contribution >= 4 is 27.0 Å². The summed E-state index contributed by atoms with van der Waals surface area (Å²) in [4.78, 5) is 24.7. The minimum Gasteiger partial charge on any atom is -0.425 e. The van der Waals surface area contributed by atoms with Gasteiger partial charge in [0.25, 0.3) is 0 Å². The van der Waals surface area contributed by atoms with Crippen LogP contribution in [0.5, 0.6) is 5.75 Å². The Balaban J connectivity index is 1.90. The molecule has 1 atom stereocenters. The molecule has 1 heterocycles. The molecule has 2 aromatic carbocycles. The van der Waals surface area contributed by atoms with E-state index >= 15 is 0 Å². The molecule has 164 valence electrons. The number of hydrogen-bond acceptors (Lipinski definition) is 6. The number of aryl methyl sites for hydroxylation is 3. The fourth-order valence-corrected chi connectivity index (χ4v) is 4.47. The van der Waals surface area contributed by atoms with E-state index in [4.69, 9.17) is 9.15 Å². The molecule has 0 bridgehead atoms. The lowest BCUT2D eigenvalue weighted by Crippen LogP contribution is -2.40. The van der Waals surface area contributed by atoms with Gasteiger partial charge in [-0.2, -0.15) is 4.72 Å². The number of nitrogens with one attached hydrogen (secondary N) is 1. The van der Waals surface area contributed by atoms with Gasteiger partial charge < -0.3 is 9.15 Å². The maximum atomic E-state index is 12.7. The van der Waals surface area contributed by atoms with Crippen LogP contribution in [0.3, 0.4) is 0 Å². The summed E-state index contributed by atoms with van der Waals surface area (Å²) in [7, 11) is -3.90. The van der Waals surface area contributed by atoms with Gasteiger partial charge in [0.1, 0.15) is 17.4 Å². The molecule has 0 aliphatic carbocycles. The van der Waals surface area contributed by atoms with Crippen LogP contribution in [0.2, 0.25) is 0 Å². The molecule has 31 heavy (non-hydrogen) atoms. The van der Waals surface area contributed by atoms with Gasteiger partial charge in [-0.05, 0) is 62.6 Å². The molecule has 0 spiro atoms. The monoisotopic (exact) mass is 443 g/mol. The zero-order valence-corrected chi connectivity index (χ0v) is 18.7. The first kappa shape index (κ1) is 22.7. The normalized spacial score (nSPS) is 12.6. The molecule has 7 nitrogen and oxygen atoms in total. The van der Waals surface area contributed by atoms with Crippen molar-refractivity contribution in [3.8, 4) is 5.75 Å². The van der Waals surface area contributed by atoms with E-state index in [-0.39, 0.29) is 10.6 Å². The molecule has 0 aliphatic rings. The highest BCUT2D eigenvalue weighted by molar-refractivity contribution is 7.89. The summed E-state index contributed by atoms with van der Waals surface area (Å²) in [5, 5.41) is 0.536. The average molecular weight is 444 g/mol. The molecule has 0 aliphatic heterocycles. The fraction of sp³-hybridized carbons (Fsp3) is 0.304. The lowest BCUT2D eigenvalue weighted by molar-refractivity contribution is -0.135. The Bertz CT molecular complexity index is 1280. The third-order valence-corrected chi connectivity index (χ3v) is 6.34. The molecular formula is C23H25NO6S. The van der Waals surface area contributed by atoms with Crippen LogP contribution in [0.25, 0.3) is 11.0 Å². The largest absolute Gasteiger partial charge is 0.425 e. The highest BCUT2D eigenvalue weighted by atomic mass is 32.2. The van der Waals surface area contributed by atoms with Crippen molar-refractivity contribution in [3.05, 3.63) is 69.6 Å². The summed E-state index contributed by atoms with van der Waals surface area (Å²) in [6.45, 7) is 7.03. The van der Waals surface area contributed by atoms with Gasteiger partial charge in [-0.1, -0.05) is 31.0 Å². The molecular weight excluding hydrogens is 418 g/mol. The van der Waals surface area contributed by atoms with Crippen LogP contribution in [-0.4, -0.2) is 20.4 Å². The van der Waals surface area contributed by atoms with Crippen molar-refractivity contribution in [2.75, 3.05) is 0 Å². The predicted molar refractivity (Wildman–Crippen MR) is 118 cm³/mol. The van der Waals surface area contributed by atoms with Gasteiger partial charge >= 0.3 is 11.6 Å². The lowest BCUT2D eigenvalue weighted by atomic mass is 10.0. The summed E-state index contributed by atoms with van der Waals surface area (Å²) in [5.41, 5.74) is 2.22. The van der Waals surface area contributed by atoms with Crippen molar-refractivity contribution in [3.63, 3.8) is 0 Å². The van der Waals surface area contributed by atoms with E-state index in [1.807, 2.05) is 13.8 Å². The first-order valence-corrected chi connectivity index (χ1v) is 11.5. The van der Waals surface area contributed by atoms with Gasteiger partial charge in [-0.15, -0.1) is 0 Å². The Kier molecular flexibility index (Phi) is 6.62. The van der Waals surface area contributed by atoms with Crippen LogP contribution in [0.15, 0.2) is 56.6 Å². The highest BCUT2D eigenvalue weighted by Crippen LogP contribution is 2.31. The molecule has 0 saturated heterocycles. The summed E-state index contributed by atoms with van der Waals surface area (Å²) in [6.07, 6.45) is 1.39. The summed E-state index contributed by atoms with van der Waals surface area (Å²) < 4.78 is 38.4. The van der Waals surface area contributed by atoms with Crippen LogP contribution in [0.1, 0.15) is 37.0 Å². The van der Waals surface area contributed by atoms with Gasteiger partial charge in [0.15, 0.2) is 0 Å². The van der Waals surface area contributed by atoms with Crippen LogP contribution < -0.4 is 15.1 Å². The molecule has 0 amide bonds. The van der Waals surface area contributed by atoms with Crippen molar-refractivity contribution in [2.24, 2.45) is 0 Å². The number of fused-ring (bicyclic) bond motifs is 1. The molecule has 1 N–H and O–H groups in total. The molecule has 0 fully saturated rings. The van der Waals surface area contributed by atoms with E-state index in [9.17, 15) is 18.0 Å². The maximum Gasteiger partial charge on any atom is 0.336 e. The Labute approximate surface area is 181 Å². The van der Waals surface area contributed by atoms with E-state index in [1.54, 1.807) is 31.2 Å². The van der Waals surface area contributed by atoms with Crippen LogP contribution in [0, 0.1) is 13.8 Å². The first-order chi connectivity index (χ1) is 14.6. The molecule has 8 heteroatoms. The van der Waals surface area contributed by atoms with Gasteiger partial charge in [-0.3, -0.25) is 0 Å². The summed E-state index contributed by atoms with van der Waals surface area (Å²) in [6, 6.07) is 9.94. The predicted octanol–water partition coefficient (Wildman–Crippen LogP) is 3.63. The van der Waals surface area contributed by atoms with Crippen LogP contribution in [0.4, 0.5) is 0 Å². The van der Waals surface area contributed by atoms with E-state index < -0.39 is 27.7 Å². The molecule has 3 rings (SSSR count). The maximum absolute atomic E-state index is 12.7. The Morgan fingerprint density at radius 2 is 1.77 bits per heavy atom. The minimum atomic E-state index is -3.90. The van der Waals surface area contributed by atoms with Gasteiger partial charge in [0.05, 0.1) is 10.3 Å². The number of sulfonamides is 1. The van der Waals surface area contributed by atoms with E-state index in [2.05, 4.69) is 4.72 Å². The number of carbonyl (C=O) groups excluding carboxylic acids is 1. The third-order valence-electron chi connectivity index (χ3n) is 4.78. The van der Waals surface area contributed by atoms with E-state index in [0.29, 0.717) is 23.0 Å². The number of ether oxygens (including phenoxy) is 1. The third kappa shape index (κ3) is 5.21. The van der Waals surface area contributed by atoms with Gasteiger partial charge in [0.2, 0.25) is 10.0 Å². The molecule has 3 aromatic rings. The Morgan fingerprint density at radius 3 is 2.42 bits per heavy atom. The SMILES string of the molecule is CCCc1cc(=O)oc2cc(C)cc(OC(=O)C(C)NS(=O)(=O)c3ccc(C)cc3)c12. The number of hydrogen-bond donors (Lipinski definition) is 1. The molecule has 1 aromatic heterocycles. The summed E-state index contributed by atoms with van der Waals surface area (Å²) in [5.74, 6) is -0.537. The zero-order valence-electron chi connectivity index (χ0n) is 17.9. The fourth-order valence-electron chi connectivity index (χ4n) is 3.28. The first-order valence-electron chi connectivity index (χ1n) is 9.99. The van der Waals surface area contributed by atoms with Crippen molar-refractivity contribution < 1.29 is 22.4 Å². The van der Waals surface area contributed by atoms with Crippen molar-refractivity contribution in [1.82, 2.24) is 4.72 Å². The van der Waals surface area contributed by atoms with Gasteiger partial charge in [-0.25, -0.2) is 18.0 Å². The molecule has 0 radical (unpaired) electrons. The zero-order chi connectivity index (χ0) is 22.8. The number of esters is 1. The topological polar surface area (TPSA) is 103 Å². The lowest BCUT2D eigenvalue weighted by Gasteiger charge is -2.16. The second kappa shape index (κ2) is 9.03. The summed E-state index contributed by atoms with van der Waals surface area (Å²) >= 11 is 0. The van der Waals surface area contributed by atoms with Crippen LogP contribution in [-0.2, 0) is 21.2 Å². The number of rotatable bonds is 7. The van der Waals surface area contributed by atoms with E-state index in [1.165, 1.54) is 25.1 Å². The number of carbonyl (C=O) groups is 1. The average Bonchev–Trinajstić information content (AvgIpc) is 2.67. The van der Waals surface area contributed by atoms with Crippen molar-refractivity contribution in [2.45, 2.75) is 51.5 Å². The van der Waals surface area contributed by atoms with E-state index in [0.717, 1.165) is 17.5 Å². The van der Waals surface area contributed by atoms with Crippen molar-refractivity contribution in [1.29, 1.82) is 0 Å². The number of benzene rings is 2. The molecule has 1 unspecified atom stereocenters. The van der Waals surface area contributed by atoms with Crippen LogP contribution >= 0.6 is 0 Å². The standard InChI is InChI=1S/C23H25NO6S/c1-5-6-17-13-21(25)29-19-11-15(3)12-20(22(17)19)30-23(26)16(4)24-31(27,28)18-9-7-14(2)8-10-18/h7-13,16,24H,5-6H2,1-4H3. The quantitative estimate of drug-likeness (QED) is 0.340. The minimum absolute atomic E-state index is 0.0609. The molecule has 0 saturated carbocycles. The Hall–Kier alpha value is -2.97. The Morgan fingerprint density at radius 1 is 1.10 bits per heavy atom. The second-order valence-electron chi connectivity index (χ2n) is 7.55. The van der Waals surface area contributed by atoms with Gasteiger partial charge in [0, 0.05) is 6.07 Å². The highest BCUT2D eigenvalue weighted by Gasteiger charge is 2.25.